The summed E-state index contributed by atoms with van der Waals surface area (Å²) in [7, 11) is -2.27. The van der Waals surface area contributed by atoms with Crippen molar-refractivity contribution in [1.82, 2.24) is 4.31 Å². The van der Waals surface area contributed by atoms with Crippen molar-refractivity contribution in [3.8, 4) is 11.5 Å². The third kappa shape index (κ3) is 4.82. The Morgan fingerprint density at radius 1 is 1.07 bits per heavy atom. The summed E-state index contributed by atoms with van der Waals surface area (Å²) in [5.41, 5.74) is 0.373. The number of hydrogen-bond donors (Lipinski definition) is 1. The van der Waals surface area contributed by atoms with Gasteiger partial charge in [-0.2, -0.15) is 4.31 Å². The number of anilines is 1. The normalized spacial score (nSPS) is 15.0. The van der Waals surface area contributed by atoms with Crippen LogP contribution in [0, 0.1) is 0 Å². The third-order valence-electron chi connectivity index (χ3n) is 4.49. The van der Waals surface area contributed by atoms with E-state index in [4.69, 9.17) is 9.47 Å². The van der Waals surface area contributed by atoms with Gasteiger partial charge >= 0.3 is 0 Å². The van der Waals surface area contributed by atoms with Crippen LogP contribution in [0.2, 0.25) is 0 Å². The van der Waals surface area contributed by atoms with Crippen molar-refractivity contribution in [3.05, 3.63) is 48.5 Å². The Balaban J connectivity index is 1.74. The molecule has 0 radical (unpaired) electrons. The highest BCUT2D eigenvalue weighted by Crippen LogP contribution is 2.31. The van der Waals surface area contributed by atoms with Crippen LogP contribution in [-0.4, -0.2) is 45.4 Å². The van der Waals surface area contributed by atoms with Crippen molar-refractivity contribution in [2.75, 3.05) is 32.1 Å². The van der Waals surface area contributed by atoms with Gasteiger partial charge in [-0.25, -0.2) is 8.42 Å². The van der Waals surface area contributed by atoms with Crippen LogP contribution in [0.15, 0.2) is 53.4 Å². The van der Waals surface area contributed by atoms with Crippen molar-refractivity contribution in [1.29, 1.82) is 0 Å². The van der Waals surface area contributed by atoms with Gasteiger partial charge in [-0.3, -0.25) is 4.79 Å². The standard InChI is InChI=1S/C20H24N2O5S/c1-26-18-11-10-16(21-20(23)15-27-17-8-4-2-5-9-17)14-19(18)28(24,25)22-12-6-3-7-13-22/h2,4-5,8-11,14H,3,6-7,12-13,15H2,1H3,(H,21,23). The third-order valence-corrected chi connectivity index (χ3v) is 6.41. The van der Waals surface area contributed by atoms with Crippen LogP contribution in [0.25, 0.3) is 0 Å². The molecule has 8 heteroatoms. The van der Waals surface area contributed by atoms with Crippen molar-refractivity contribution < 1.29 is 22.7 Å². The molecule has 1 fully saturated rings. The van der Waals surface area contributed by atoms with Gasteiger partial charge < -0.3 is 14.8 Å². The fourth-order valence-electron chi connectivity index (χ4n) is 3.06. The predicted molar refractivity (Wildman–Crippen MR) is 106 cm³/mol. The number of ether oxygens (including phenoxy) is 2. The molecule has 1 amide bonds. The van der Waals surface area contributed by atoms with Gasteiger partial charge in [-0.15, -0.1) is 0 Å². The van der Waals surface area contributed by atoms with Crippen molar-refractivity contribution in [2.45, 2.75) is 24.2 Å². The molecule has 2 aromatic rings. The fraction of sp³-hybridized carbons (Fsp3) is 0.350. The average Bonchev–Trinajstić information content (AvgIpc) is 2.73. The lowest BCUT2D eigenvalue weighted by molar-refractivity contribution is -0.118. The monoisotopic (exact) mass is 404 g/mol. The van der Waals surface area contributed by atoms with E-state index in [2.05, 4.69) is 5.32 Å². The minimum Gasteiger partial charge on any atom is -0.495 e. The van der Waals surface area contributed by atoms with Crippen LogP contribution in [-0.2, 0) is 14.8 Å². The van der Waals surface area contributed by atoms with Crippen LogP contribution < -0.4 is 14.8 Å². The van der Waals surface area contributed by atoms with Crippen LogP contribution in [0.1, 0.15) is 19.3 Å². The molecule has 3 rings (SSSR count). The lowest BCUT2D eigenvalue weighted by Crippen LogP contribution is -2.35. The van der Waals surface area contributed by atoms with Gasteiger partial charge in [-0.05, 0) is 43.2 Å². The zero-order valence-electron chi connectivity index (χ0n) is 15.8. The first kappa shape index (κ1) is 20.2. The minimum atomic E-state index is -3.69. The first-order valence-corrected chi connectivity index (χ1v) is 10.6. The first-order chi connectivity index (χ1) is 13.5. The molecule has 1 heterocycles. The quantitative estimate of drug-likeness (QED) is 0.767. The molecule has 0 unspecified atom stereocenters. The average molecular weight is 404 g/mol. The van der Waals surface area contributed by atoms with Crippen molar-refractivity contribution >= 4 is 21.6 Å². The summed E-state index contributed by atoms with van der Waals surface area (Å²) in [6.07, 6.45) is 2.71. The number of nitrogens with zero attached hydrogens (tertiary/aromatic N) is 1. The second-order valence-electron chi connectivity index (χ2n) is 6.48. The molecule has 1 N–H and O–H groups in total. The molecule has 1 aliphatic rings. The molecule has 1 saturated heterocycles. The van der Waals surface area contributed by atoms with Crippen LogP contribution in [0.5, 0.6) is 11.5 Å². The molecule has 1 aliphatic heterocycles. The van der Waals surface area contributed by atoms with E-state index in [0.29, 0.717) is 24.5 Å². The maximum atomic E-state index is 13.0. The Hall–Kier alpha value is -2.58. The van der Waals surface area contributed by atoms with E-state index in [9.17, 15) is 13.2 Å². The number of rotatable bonds is 7. The molecule has 2 aromatic carbocycles. The van der Waals surface area contributed by atoms with Gasteiger partial charge in [0.1, 0.15) is 16.4 Å². The molecule has 28 heavy (non-hydrogen) atoms. The summed E-state index contributed by atoms with van der Waals surface area (Å²) in [4.78, 5) is 12.2. The molecule has 0 saturated carbocycles. The van der Waals surface area contributed by atoms with E-state index < -0.39 is 10.0 Å². The van der Waals surface area contributed by atoms with E-state index in [0.717, 1.165) is 19.3 Å². The van der Waals surface area contributed by atoms with Gasteiger partial charge in [0.2, 0.25) is 10.0 Å². The summed E-state index contributed by atoms with van der Waals surface area (Å²) in [5, 5.41) is 2.68. The Morgan fingerprint density at radius 2 is 1.79 bits per heavy atom. The van der Waals surface area contributed by atoms with Gasteiger partial charge in [0.15, 0.2) is 6.61 Å². The number of carbonyl (C=O) groups is 1. The predicted octanol–water partition coefficient (Wildman–Crippen LogP) is 2.89. The van der Waals surface area contributed by atoms with Crippen LogP contribution in [0.4, 0.5) is 5.69 Å². The topological polar surface area (TPSA) is 84.9 Å². The highest BCUT2D eigenvalue weighted by atomic mass is 32.2. The number of methoxy groups -OCH3 is 1. The largest absolute Gasteiger partial charge is 0.495 e. The van der Waals surface area contributed by atoms with Crippen LogP contribution in [0.3, 0.4) is 0 Å². The number of benzene rings is 2. The first-order valence-electron chi connectivity index (χ1n) is 9.16. The van der Waals surface area contributed by atoms with E-state index in [1.807, 2.05) is 18.2 Å². The van der Waals surface area contributed by atoms with Crippen molar-refractivity contribution in [2.24, 2.45) is 0 Å². The Bertz CT molecular complexity index is 909. The zero-order chi connectivity index (χ0) is 20.0. The number of sulfonamides is 1. The summed E-state index contributed by atoms with van der Waals surface area (Å²) in [6.45, 7) is 0.810. The molecule has 0 aliphatic carbocycles. The van der Waals surface area contributed by atoms with Gasteiger partial charge in [-0.1, -0.05) is 24.6 Å². The number of amides is 1. The SMILES string of the molecule is COc1ccc(NC(=O)COc2ccccc2)cc1S(=O)(=O)N1CCCCC1. The molecule has 0 atom stereocenters. The number of piperidine rings is 1. The van der Waals surface area contributed by atoms with E-state index >= 15 is 0 Å². The summed E-state index contributed by atoms with van der Waals surface area (Å²) >= 11 is 0. The second kappa shape index (κ2) is 9.07. The molecular formula is C20H24N2O5S. The van der Waals surface area contributed by atoms with Crippen LogP contribution >= 0.6 is 0 Å². The molecule has 7 nitrogen and oxygen atoms in total. The lowest BCUT2D eigenvalue weighted by Gasteiger charge is -2.26. The van der Waals surface area contributed by atoms with Gasteiger partial charge in [0, 0.05) is 18.8 Å². The van der Waals surface area contributed by atoms with Gasteiger partial charge in [0.25, 0.3) is 5.91 Å². The molecular weight excluding hydrogens is 380 g/mol. The minimum absolute atomic E-state index is 0.0543. The zero-order valence-corrected chi connectivity index (χ0v) is 16.6. The fourth-order valence-corrected chi connectivity index (χ4v) is 4.76. The number of hydrogen-bond acceptors (Lipinski definition) is 5. The van der Waals surface area contributed by atoms with E-state index in [1.54, 1.807) is 24.3 Å². The number of para-hydroxylation sites is 1. The smallest absolute Gasteiger partial charge is 0.262 e. The van der Waals surface area contributed by atoms with Gasteiger partial charge in [0.05, 0.1) is 7.11 Å². The number of nitrogens with one attached hydrogen (secondary N) is 1. The highest BCUT2D eigenvalue weighted by molar-refractivity contribution is 7.89. The van der Waals surface area contributed by atoms with E-state index in [-0.39, 0.29) is 23.2 Å². The van der Waals surface area contributed by atoms with Crippen molar-refractivity contribution in [3.63, 3.8) is 0 Å². The number of carbonyl (C=O) groups excluding carboxylic acids is 1. The Morgan fingerprint density at radius 3 is 2.46 bits per heavy atom. The molecule has 150 valence electrons. The maximum absolute atomic E-state index is 13.0. The van der Waals surface area contributed by atoms with E-state index in [1.165, 1.54) is 17.5 Å². The molecule has 0 aromatic heterocycles. The maximum Gasteiger partial charge on any atom is 0.262 e. The summed E-state index contributed by atoms with van der Waals surface area (Å²) < 4.78 is 38.2. The Labute approximate surface area is 165 Å². The Kier molecular flexibility index (Phi) is 6.53. The molecule has 0 bridgehead atoms. The summed E-state index contributed by atoms with van der Waals surface area (Å²) in [5.74, 6) is 0.459. The second-order valence-corrected chi connectivity index (χ2v) is 8.39. The highest BCUT2D eigenvalue weighted by Gasteiger charge is 2.29. The lowest BCUT2D eigenvalue weighted by atomic mass is 10.2. The summed E-state index contributed by atoms with van der Waals surface area (Å²) in [6, 6.07) is 13.6. The molecule has 0 spiro atoms.